The molecule has 1 aliphatic carbocycles. The fourth-order valence-corrected chi connectivity index (χ4v) is 7.98. The van der Waals surface area contributed by atoms with Crippen molar-refractivity contribution >= 4 is 41.6 Å². The van der Waals surface area contributed by atoms with E-state index in [1.165, 1.54) is 27.7 Å². The molecule has 16 heteroatoms. The lowest BCUT2D eigenvalue weighted by atomic mass is 9.68. The summed E-state index contributed by atoms with van der Waals surface area (Å²) in [6.45, 7) is 19.9. The predicted octanol–water partition coefficient (Wildman–Crippen LogP) is 2.29. The normalized spacial score (nSPS) is 36.9. The van der Waals surface area contributed by atoms with Crippen LogP contribution in [0.2, 0.25) is 0 Å². The molecule has 0 aromatic carbocycles. The summed E-state index contributed by atoms with van der Waals surface area (Å²) < 4.78 is 48.0. The van der Waals surface area contributed by atoms with Gasteiger partial charge in [0.25, 0.3) is 0 Å². The Labute approximate surface area is 303 Å². The van der Waals surface area contributed by atoms with Gasteiger partial charge >= 0.3 is 35.8 Å². The van der Waals surface area contributed by atoms with Gasteiger partial charge in [0.1, 0.15) is 24.4 Å². The van der Waals surface area contributed by atoms with Gasteiger partial charge in [0.2, 0.25) is 5.79 Å². The van der Waals surface area contributed by atoms with Gasteiger partial charge in [-0.2, -0.15) is 0 Å². The van der Waals surface area contributed by atoms with E-state index < -0.39 is 119 Å². The highest BCUT2D eigenvalue weighted by molar-refractivity contribution is 5.89. The highest BCUT2D eigenvalue weighted by Crippen LogP contribution is 2.61. The van der Waals surface area contributed by atoms with Crippen molar-refractivity contribution in [2.75, 3.05) is 6.61 Å². The van der Waals surface area contributed by atoms with E-state index in [9.17, 15) is 38.7 Å². The number of Topliss-reactive ketones (excluding diaryl/α,β-unsaturated/α-hetero) is 1. The number of esters is 6. The van der Waals surface area contributed by atoms with Gasteiger partial charge < -0.3 is 43.0 Å². The van der Waals surface area contributed by atoms with Gasteiger partial charge in [-0.1, -0.05) is 41.2 Å². The van der Waals surface area contributed by atoms with E-state index in [1.807, 2.05) is 13.8 Å². The fourth-order valence-electron chi connectivity index (χ4n) is 7.98. The van der Waals surface area contributed by atoms with Gasteiger partial charge in [0, 0.05) is 60.0 Å². The molecule has 3 aliphatic rings. The highest BCUT2D eigenvalue weighted by Gasteiger charge is 2.80. The standard InChI is InChI=1S/C36H52O16/c1-16(2)14-45-28-17(3)27(46-19(5)37)25-30(48-21(7)39)34(13,50-23(9)41)15-35(25,51-24(10)42)36(44)18(4)26(43)31(52-36)33(11,12)32(49-22(8)40)29(28)47-20(6)38/h16,18,25,27-32,44H,3,14-15H2,1-2,4-13H3/t18-,25-,27-,28+,29+,30+,31-,32+,34+,35+,36+/m0/s1. The zero-order valence-corrected chi connectivity index (χ0v) is 31.9. The molecular weight excluding hydrogens is 688 g/mol. The molecule has 11 atom stereocenters. The minimum atomic E-state index is -2.84. The minimum absolute atomic E-state index is 0.0282. The fraction of sp³-hybridized carbons (Fsp3) is 0.750. The van der Waals surface area contributed by atoms with E-state index >= 15 is 0 Å². The molecule has 0 amide bonds. The average Bonchev–Trinajstić information content (AvgIpc) is 3.35. The lowest BCUT2D eigenvalue weighted by Crippen LogP contribution is -2.66. The molecule has 292 valence electrons. The van der Waals surface area contributed by atoms with E-state index in [1.54, 1.807) is 0 Å². The molecule has 0 aromatic heterocycles. The van der Waals surface area contributed by atoms with E-state index in [2.05, 4.69) is 6.58 Å². The Morgan fingerprint density at radius 3 is 1.75 bits per heavy atom. The molecule has 3 fully saturated rings. The van der Waals surface area contributed by atoms with Gasteiger partial charge in [0.15, 0.2) is 29.2 Å². The first-order valence-corrected chi connectivity index (χ1v) is 17.1. The molecule has 2 saturated heterocycles. The molecule has 1 saturated carbocycles. The molecule has 2 aliphatic heterocycles. The number of hydrogen-bond donors (Lipinski definition) is 1. The van der Waals surface area contributed by atoms with Crippen LogP contribution in [0.3, 0.4) is 0 Å². The van der Waals surface area contributed by atoms with Crippen LogP contribution in [0.4, 0.5) is 0 Å². The molecule has 0 spiro atoms. The van der Waals surface area contributed by atoms with Crippen LogP contribution in [0.1, 0.15) is 89.5 Å². The summed E-state index contributed by atoms with van der Waals surface area (Å²) in [6, 6.07) is 0. The molecule has 3 rings (SSSR count). The first-order valence-electron chi connectivity index (χ1n) is 17.1. The van der Waals surface area contributed by atoms with Crippen molar-refractivity contribution < 1.29 is 76.6 Å². The molecule has 0 aromatic rings. The Morgan fingerprint density at radius 2 is 1.29 bits per heavy atom. The lowest BCUT2D eigenvalue weighted by Gasteiger charge is -2.48. The number of rotatable bonds is 9. The zero-order chi connectivity index (χ0) is 39.9. The number of aliphatic hydroxyl groups is 1. The summed E-state index contributed by atoms with van der Waals surface area (Å²) in [4.78, 5) is 91.8. The van der Waals surface area contributed by atoms with Crippen LogP contribution in [0.5, 0.6) is 0 Å². The van der Waals surface area contributed by atoms with Crippen molar-refractivity contribution in [1.82, 2.24) is 0 Å². The third-order valence-corrected chi connectivity index (χ3v) is 9.81. The molecule has 1 N–H and O–H groups in total. The molecule has 0 radical (unpaired) electrons. The van der Waals surface area contributed by atoms with Crippen LogP contribution in [-0.2, 0) is 71.5 Å². The zero-order valence-electron chi connectivity index (χ0n) is 31.9. The average molecular weight is 741 g/mol. The Balaban J connectivity index is 2.66. The Hall–Kier alpha value is -3.89. The van der Waals surface area contributed by atoms with Crippen molar-refractivity contribution in [1.29, 1.82) is 0 Å². The summed E-state index contributed by atoms with van der Waals surface area (Å²) >= 11 is 0. The molecule has 2 heterocycles. The number of ether oxygens (including phenoxy) is 8. The largest absolute Gasteiger partial charge is 0.458 e. The third kappa shape index (κ3) is 7.88. The summed E-state index contributed by atoms with van der Waals surface area (Å²) in [7, 11) is 0. The Bertz CT molecular complexity index is 1480. The quantitative estimate of drug-likeness (QED) is 0.204. The first-order chi connectivity index (χ1) is 23.7. The van der Waals surface area contributed by atoms with Gasteiger partial charge in [0.05, 0.1) is 11.8 Å². The summed E-state index contributed by atoms with van der Waals surface area (Å²) in [5, 5.41) is 13.0. The predicted molar refractivity (Wildman–Crippen MR) is 176 cm³/mol. The van der Waals surface area contributed by atoms with E-state index in [0.717, 1.165) is 41.5 Å². The summed E-state index contributed by atoms with van der Waals surface area (Å²) in [5.41, 5.74) is -6.31. The maximum atomic E-state index is 14.4. The molecule has 52 heavy (non-hydrogen) atoms. The summed E-state index contributed by atoms with van der Waals surface area (Å²) in [5.74, 6) is -12.5. The second kappa shape index (κ2) is 15.2. The second-order valence-electron chi connectivity index (χ2n) is 15.1. The number of carbonyl (C=O) groups excluding carboxylic acids is 7. The molecular formula is C36H52O16. The SMILES string of the molecule is C=C1[C@@H](OCC(C)C)[C@@H](OC(C)=O)[C@@H](OC(C)=O)C(C)(C)[C@H]2O[C@](O)([C@@H](C)C2=O)[C@@]2(OC(C)=O)C[C@@](C)(OC(C)=O)[C@H](OC(C)=O)[C@@H]2[C@H]1OC(C)=O. The van der Waals surface area contributed by atoms with Crippen LogP contribution in [0.25, 0.3) is 0 Å². The van der Waals surface area contributed by atoms with Gasteiger partial charge in [-0.3, -0.25) is 33.6 Å². The minimum Gasteiger partial charge on any atom is -0.458 e. The van der Waals surface area contributed by atoms with E-state index in [-0.39, 0.29) is 18.1 Å². The molecule has 2 bridgehead atoms. The van der Waals surface area contributed by atoms with Crippen LogP contribution in [-0.4, -0.2) is 107 Å². The van der Waals surface area contributed by atoms with Crippen molar-refractivity contribution in [3.63, 3.8) is 0 Å². The maximum absolute atomic E-state index is 14.4. The number of ketones is 1. The lowest BCUT2D eigenvalue weighted by molar-refractivity contribution is -0.334. The van der Waals surface area contributed by atoms with Crippen LogP contribution >= 0.6 is 0 Å². The smallest absolute Gasteiger partial charge is 0.303 e. The number of hydrogen-bond acceptors (Lipinski definition) is 16. The second-order valence-corrected chi connectivity index (χ2v) is 15.1. The highest BCUT2D eigenvalue weighted by atomic mass is 16.7. The van der Waals surface area contributed by atoms with Crippen LogP contribution < -0.4 is 0 Å². The maximum Gasteiger partial charge on any atom is 0.303 e. The molecule has 16 nitrogen and oxygen atoms in total. The summed E-state index contributed by atoms with van der Waals surface area (Å²) in [6.07, 6.45) is -10.5. The van der Waals surface area contributed by atoms with Gasteiger partial charge in [-0.15, -0.1) is 0 Å². The monoisotopic (exact) mass is 740 g/mol. The van der Waals surface area contributed by atoms with Gasteiger partial charge in [-0.05, 0) is 18.4 Å². The van der Waals surface area contributed by atoms with Crippen LogP contribution in [0.15, 0.2) is 12.2 Å². The van der Waals surface area contributed by atoms with Crippen molar-refractivity contribution in [2.45, 2.75) is 143 Å². The van der Waals surface area contributed by atoms with Crippen molar-refractivity contribution in [3.05, 3.63) is 12.2 Å². The Kier molecular flexibility index (Phi) is 12.4. The van der Waals surface area contributed by atoms with Gasteiger partial charge in [-0.25, -0.2) is 0 Å². The van der Waals surface area contributed by atoms with E-state index in [4.69, 9.17) is 37.9 Å². The number of carbonyl (C=O) groups is 7. The number of fused-ring (bicyclic) bond motifs is 4. The van der Waals surface area contributed by atoms with E-state index in [0.29, 0.717) is 0 Å². The van der Waals surface area contributed by atoms with Crippen LogP contribution in [0, 0.1) is 23.2 Å². The molecule has 0 unspecified atom stereocenters. The topological polar surface area (TPSA) is 214 Å². The third-order valence-electron chi connectivity index (χ3n) is 9.81. The first kappa shape index (κ1) is 42.5. The van der Waals surface area contributed by atoms with Crippen molar-refractivity contribution in [2.24, 2.45) is 23.2 Å². The Morgan fingerprint density at radius 1 is 0.788 bits per heavy atom. The van der Waals surface area contributed by atoms with Crippen molar-refractivity contribution in [3.8, 4) is 0 Å².